The summed E-state index contributed by atoms with van der Waals surface area (Å²) in [4.78, 5) is 12.7. The van der Waals surface area contributed by atoms with Gasteiger partial charge in [-0.3, -0.25) is 4.90 Å². The lowest BCUT2D eigenvalue weighted by Gasteiger charge is -2.36. The van der Waals surface area contributed by atoms with Gasteiger partial charge in [0.05, 0.1) is 12.1 Å². The fraction of sp³-hybridized carbons (Fsp3) is 0.462. The molecular formula is C13H18N2O3. The number of nitrogens with one attached hydrogen (secondary N) is 1. The third kappa shape index (κ3) is 3.00. The third-order valence-electron chi connectivity index (χ3n) is 3.26. The minimum atomic E-state index is -0.982. The Morgan fingerprint density at radius 1 is 1.39 bits per heavy atom. The van der Waals surface area contributed by atoms with Gasteiger partial charge in [-0.15, -0.1) is 0 Å². The lowest BCUT2D eigenvalue weighted by molar-refractivity contribution is 0.0279. The molecule has 18 heavy (non-hydrogen) atoms. The fourth-order valence-corrected chi connectivity index (χ4v) is 2.30. The summed E-state index contributed by atoms with van der Waals surface area (Å²) in [6.07, 6.45) is -0.983. The molecule has 1 aromatic carbocycles. The van der Waals surface area contributed by atoms with Crippen molar-refractivity contribution in [3.05, 3.63) is 35.9 Å². The second-order valence-electron chi connectivity index (χ2n) is 4.52. The SMILES string of the molecule is O=C(O)N(Cc1ccccc1)C1CCNCC1O. The minimum Gasteiger partial charge on any atom is -0.465 e. The summed E-state index contributed by atoms with van der Waals surface area (Å²) in [5.74, 6) is 0. The normalized spacial score (nSPS) is 23.6. The van der Waals surface area contributed by atoms with Crippen LogP contribution in [0.1, 0.15) is 12.0 Å². The van der Waals surface area contributed by atoms with Crippen LogP contribution in [0.15, 0.2) is 30.3 Å². The topological polar surface area (TPSA) is 72.8 Å². The number of aliphatic hydroxyl groups excluding tert-OH is 1. The van der Waals surface area contributed by atoms with Crippen LogP contribution in [0.4, 0.5) is 4.79 Å². The first-order valence-corrected chi connectivity index (χ1v) is 6.11. The Morgan fingerprint density at radius 3 is 2.72 bits per heavy atom. The van der Waals surface area contributed by atoms with E-state index >= 15 is 0 Å². The second-order valence-corrected chi connectivity index (χ2v) is 4.52. The molecule has 5 nitrogen and oxygen atoms in total. The lowest BCUT2D eigenvalue weighted by Crippen LogP contribution is -2.54. The van der Waals surface area contributed by atoms with Crippen molar-refractivity contribution in [1.82, 2.24) is 10.2 Å². The van der Waals surface area contributed by atoms with Gasteiger partial charge >= 0.3 is 6.09 Å². The number of β-amino-alcohol motifs (C(OH)–C–C–N with tert-alkyl or cyclic N) is 1. The maximum absolute atomic E-state index is 11.3. The second kappa shape index (κ2) is 5.84. The highest BCUT2D eigenvalue weighted by Crippen LogP contribution is 2.16. The van der Waals surface area contributed by atoms with E-state index in [4.69, 9.17) is 0 Å². The Labute approximate surface area is 106 Å². The molecule has 0 spiro atoms. The largest absolute Gasteiger partial charge is 0.465 e. The Morgan fingerprint density at radius 2 is 2.11 bits per heavy atom. The molecule has 0 saturated carbocycles. The van der Waals surface area contributed by atoms with Gasteiger partial charge in [0.25, 0.3) is 0 Å². The maximum Gasteiger partial charge on any atom is 0.407 e. The monoisotopic (exact) mass is 250 g/mol. The summed E-state index contributed by atoms with van der Waals surface area (Å²) >= 11 is 0. The molecule has 1 aliphatic rings. The number of hydrogen-bond donors (Lipinski definition) is 3. The van der Waals surface area contributed by atoms with Gasteiger partial charge < -0.3 is 15.5 Å². The van der Waals surface area contributed by atoms with Crippen molar-refractivity contribution in [2.45, 2.75) is 25.1 Å². The van der Waals surface area contributed by atoms with Crippen LogP contribution in [0, 0.1) is 0 Å². The van der Waals surface area contributed by atoms with E-state index in [0.717, 1.165) is 12.1 Å². The van der Waals surface area contributed by atoms with Crippen molar-refractivity contribution in [3.8, 4) is 0 Å². The van der Waals surface area contributed by atoms with Gasteiger partial charge in [-0.1, -0.05) is 30.3 Å². The van der Waals surface area contributed by atoms with Crippen LogP contribution in [0.25, 0.3) is 0 Å². The van der Waals surface area contributed by atoms with E-state index in [2.05, 4.69) is 5.32 Å². The number of nitrogens with zero attached hydrogens (tertiary/aromatic N) is 1. The molecule has 0 bridgehead atoms. The summed E-state index contributed by atoms with van der Waals surface area (Å²) in [6.45, 7) is 1.50. The minimum absolute atomic E-state index is 0.317. The Bertz CT molecular complexity index is 396. The summed E-state index contributed by atoms with van der Waals surface area (Å²) in [6, 6.07) is 9.12. The zero-order valence-electron chi connectivity index (χ0n) is 10.1. The Hall–Kier alpha value is -1.59. The fourth-order valence-electron chi connectivity index (χ4n) is 2.30. The van der Waals surface area contributed by atoms with Crippen LogP contribution in [-0.2, 0) is 6.54 Å². The number of benzene rings is 1. The van der Waals surface area contributed by atoms with Gasteiger partial charge in [-0.05, 0) is 18.5 Å². The summed E-state index contributed by atoms with van der Waals surface area (Å²) in [5, 5.41) is 22.3. The van der Waals surface area contributed by atoms with Crippen molar-refractivity contribution >= 4 is 6.09 Å². The van der Waals surface area contributed by atoms with Crippen molar-refractivity contribution in [2.75, 3.05) is 13.1 Å². The quantitative estimate of drug-likeness (QED) is 0.745. The highest BCUT2D eigenvalue weighted by molar-refractivity contribution is 5.65. The molecule has 1 amide bonds. The van der Waals surface area contributed by atoms with Crippen LogP contribution >= 0.6 is 0 Å². The molecule has 98 valence electrons. The van der Waals surface area contributed by atoms with Gasteiger partial charge in [0.15, 0.2) is 0 Å². The molecule has 2 rings (SSSR count). The molecule has 0 radical (unpaired) electrons. The zero-order chi connectivity index (χ0) is 13.0. The average molecular weight is 250 g/mol. The number of piperidine rings is 1. The number of hydrogen-bond acceptors (Lipinski definition) is 3. The molecule has 1 heterocycles. The molecule has 1 aromatic rings. The van der Waals surface area contributed by atoms with Gasteiger partial charge in [-0.25, -0.2) is 4.79 Å². The van der Waals surface area contributed by atoms with E-state index in [9.17, 15) is 15.0 Å². The van der Waals surface area contributed by atoms with Crippen LogP contribution in [0.5, 0.6) is 0 Å². The molecule has 5 heteroatoms. The van der Waals surface area contributed by atoms with Crippen LogP contribution in [0.3, 0.4) is 0 Å². The van der Waals surface area contributed by atoms with E-state index in [0.29, 0.717) is 19.5 Å². The third-order valence-corrected chi connectivity index (χ3v) is 3.26. The average Bonchev–Trinajstić information content (AvgIpc) is 2.38. The molecule has 0 aromatic heterocycles. The summed E-state index contributed by atoms with van der Waals surface area (Å²) < 4.78 is 0. The van der Waals surface area contributed by atoms with Gasteiger partial charge in [0, 0.05) is 13.1 Å². The van der Waals surface area contributed by atoms with Crippen LogP contribution in [0.2, 0.25) is 0 Å². The summed E-state index contributed by atoms with van der Waals surface area (Å²) in [7, 11) is 0. The van der Waals surface area contributed by atoms with Crippen molar-refractivity contribution in [3.63, 3.8) is 0 Å². The predicted molar refractivity (Wildman–Crippen MR) is 67.3 cm³/mol. The molecule has 3 N–H and O–H groups in total. The van der Waals surface area contributed by atoms with Gasteiger partial charge in [0.2, 0.25) is 0 Å². The number of aliphatic hydroxyl groups is 1. The van der Waals surface area contributed by atoms with E-state index in [1.807, 2.05) is 30.3 Å². The number of amides is 1. The Balaban J connectivity index is 2.10. The van der Waals surface area contributed by atoms with Gasteiger partial charge in [0.1, 0.15) is 0 Å². The summed E-state index contributed by atoms with van der Waals surface area (Å²) in [5.41, 5.74) is 0.936. The first-order chi connectivity index (χ1) is 8.68. The molecule has 1 saturated heterocycles. The molecular weight excluding hydrogens is 232 g/mol. The molecule has 2 unspecified atom stereocenters. The van der Waals surface area contributed by atoms with E-state index in [1.54, 1.807) is 0 Å². The smallest absolute Gasteiger partial charge is 0.407 e. The molecule has 0 aliphatic carbocycles. The number of carbonyl (C=O) groups is 1. The van der Waals surface area contributed by atoms with E-state index in [1.165, 1.54) is 4.90 Å². The van der Waals surface area contributed by atoms with E-state index < -0.39 is 12.2 Å². The highest BCUT2D eigenvalue weighted by Gasteiger charge is 2.31. The molecule has 1 fully saturated rings. The molecule has 2 atom stereocenters. The van der Waals surface area contributed by atoms with Crippen molar-refractivity contribution in [2.24, 2.45) is 0 Å². The highest BCUT2D eigenvalue weighted by atomic mass is 16.4. The van der Waals surface area contributed by atoms with Crippen LogP contribution in [-0.4, -0.2) is 46.4 Å². The van der Waals surface area contributed by atoms with Crippen LogP contribution < -0.4 is 5.32 Å². The lowest BCUT2D eigenvalue weighted by atomic mass is 10.0. The van der Waals surface area contributed by atoms with E-state index in [-0.39, 0.29) is 6.04 Å². The Kier molecular flexibility index (Phi) is 4.17. The predicted octanol–water partition coefficient (Wildman–Crippen LogP) is 0.889. The molecule has 1 aliphatic heterocycles. The number of carboxylic acid groups (broad SMARTS) is 1. The van der Waals surface area contributed by atoms with Crippen molar-refractivity contribution in [1.29, 1.82) is 0 Å². The standard InChI is InChI=1S/C13H18N2O3/c16-12-8-14-7-6-11(12)15(13(17)18)9-10-4-2-1-3-5-10/h1-5,11-12,14,16H,6-9H2,(H,17,18). The first kappa shape index (κ1) is 12.9. The maximum atomic E-state index is 11.3. The van der Waals surface area contributed by atoms with Crippen molar-refractivity contribution < 1.29 is 15.0 Å². The zero-order valence-corrected chi connectivity index (χ0v) is 10.1. The van der Waals surface area contributed by atoms with Gasteiger partial charge in [-0.2, -0.15) is 0 Å². The number of rotatable bonds is 3. The first-order valence-electron chi connectivity index (χ1n) is 6.11.